The molecule has 0 bridgehead atoms. The predicted molar refractivity (Wildman–Crippen MR) is 83.5 cm³/mol. The zero-order valence-electron chi connectivity index (χ0n) is 12.3. The first-order valence-electron chi connectivity index (χ1n) is 6.97. The molecule has 1 fully saturated rings. The van der Waals surface area contributed by atoms with Crippen molar-refractivity contribution in [1.82, 2.24) is 5.01 Å². The van der Waals surface area contributed by atoms with Crippen molar-refractivity contribution in [3.05, 3.63) is 52.9 Å². The van der Waals surface area contributed by atoms with Crippen LogP contribution in [0.3, 0.4) is 0 Å². The van der Waals surface area contributed by atoms with Crippen molar-refractivity contribution in [3.63, 3.8) is 0 Å². The molecule has 0 saturated heterocycles. The topological polar surface area (TPSA) is 32.7 Å². The molecule has 110 valence electrons. The Labute approximate surface area is 124 Å². The van der Waals surface area contributed by atoms with Crippen LogP contribution in [0.2, 0.25) is 0 Å². The van der Waals surface area contributed by atoms with Gasteiger partial charge in [0.1, 0.15) is 5.82 Å². The van der Waals surface area contributed by atoms with Crippen molar-refractivity contribution < 1.29 is 9.18 Å². The molecule has 0 aromatic heterocycles. The zero-order valence-corrected chi connectivity index (χ0v) is 12.3. The predicted octanol–water partition coefficient (Wildman–Crippen LogP) is 3.44. The van der Waals surface area contributed by atoms with Crippen LogP contribution in [0.4, 0.5) is 4.39 Å². The van der Waals surface area contributed by atoms with Crippen LogP contribution < -0.4 is 0 Å². The Morgan fingerprint density at radius 1 is 1.14 bits per heavy atom. The third-order valence-corrected chi connectivity index (χ3v) is 3.26. The van der Waals surface area contributed by atoms with E-state index in [2.05, 4.69) is 5.10 Å². The van der Waals surface area contributed by atoms with Gasteiger partial charge >= 0.3 is 0 Å². The van der Waals surface area contributed by atoms with E-state index in [-0.39, 0.29) is 11.6 Å². The molecule has 1 aromatic rings. The molecule has 0 unspecified atom stereocenters. The molecule has 1 aliphatic rings. The number of Topliss-reactive ketones (excluding diaryl/α,β-unsaturated/α-hetero) is 1. The lowest BCUT2D eigenvalue weighted by molar-refractivity contribution is -0.112. The molecule has 0 spiro atoms. The molecule has 3 nitrogen and oxygen atoms in total. The van der Waals surface area contributed by atoms with Gasteiger partial charge in [-0.2, -0.15) is 5.10 Å². The minimum atomic E-state index is -0.271. The Morgan fingerprint density at radius 3 is 2.48 bits per heavy atom. The third kappa shape index (κ3) is 4.38. The van der Waals surface area contributed by atoms with Crippen LogP contribution in [0.5, 0.6) is 0 Å². The smallest absolute Gasteiger partial charge is 0.185 e. The summed E-state index contributed by atoms with van der Waals surface area (Å²) < 4.78 is 12.9. The Balaban J connectivity index is 2.18. The number of hydrogen-bond acceptors (Lipinski definition) is 3. The van der Waals surface area contributed by atoms with Crippen molar-refractivity contribution in [1.29, 1.82) is 0 Å². The van der Waals surface area contributed by atoms with Crippen molar-refractivity contribution >= 4 is 18.1 Å². The number of carbonyl (C=O) groups excluding carboxylic acids is 1. The summed E-state index contributed by atoms with van der Waals surface area (Å²) in [6, 6.07) is 6.17. The highest BCUT2D eigenvalue weighted by molar-refractivity contribution is 6.13. The molecule has 0 amide bonds. The van der Waals surface area contributed by atoms with Crippen LogP contribution in [0, 0.1) is 5.82 Å². The van der Waals surface area contributed by atoms with Gasteiger partial charge in [0, 0.05) is 31.5 Å². The van der Waals surface area contributed by atoms with Crippen LogP contribution >= 0.6 is 0 Å². The number of benzene rings is 1. The van der Waals surface area contributed by atoms with E-state index < -0.39 is 0 Å². The molecule has 2 rings (SSSR count). The minimum Gasteiger partial charge on any atom is -0.303 e. The lowest BCUT2D eigenvalue weighted by atomic mass is 9.87. The normalized spacial score (nSPS) is 19.7. The summed E-state index contributed by atoms with van der Waals surface area (Å²) >= 11 is 0. The molecule has 0 heterocycles. The van der Waals surface area contributed by atoms with Crippen molar-refractivity contribution in [2.75, 3.05) is 14.1 Å². The molecular weight excluding hydrogens is 267 g/mol. The Morgan fingerprint density at radius 2 is 1.81 bits per heavy atom. The van der Waals surface area contributed by atoms with E-state index in [0.29, 0.717) is 0 Å². The average Bonchev–Trinajstić information content (AvgIpc) is 2.45. The second-order valence-electron chi connectivity index (χ2n) is 5.21. The highest BCUT2D eigenvalue weighted by Crippen LogP contribution is 2.26. The summed E-state index contributed by atoms with van der Waals surface area (Å²) in [7, 11) is 3.66. The van der Waals surface area contributed by atoms with E-state index in [0.717, 1.165) is 36.0 Å². The fraction of sp³-hybridized carbons (Fsp3) is 0.294. The molecular formula is C17H19FN2O. The molecule has 1 saturated carbocycles. The number of nitrogens with zero attached hydrogens (tertiary/aromatic N) is 2. The van der Waals surface area contributed by atoms with Gasteiger partial charge in [0.05, 0.1) is 0 Å². The lowest BCUT2D eigenvalue weighted by Crippen LogP contribution is -2.12. The summed E-state index contributed by atoms with van der Waals surface area (Å²) in [6.45, 7) is 0. The number of halogens is 1. The van der Waals surface area contributed by atoms with E-state index in [9.17, 15) is 9.18 Å². The molecule has 0 atom stereocenters. The van der Waals surface area contributed by atoms with Gasteiger partial charge in [-0.1, -0.05) is 12.1 Å². The number of ketones is 1. The van der Waals surface area contributed by atoms with Crippen molar-refractivity contribution in [2.24, 2.45) is 5.10 Å². The summed E-state index contributed by atoms with van der Waals surface area (Å²) in [6.07, 6.45) is 7.75. The Hall–Kier alpha value is -2.23. The zero-order chi connectivity index (χ0) is 15.2. The van der Waals surface area contributed by atoms with Crippen LogP contribution in [-0.4, -0.2) is 31.1 Å². The van der Waals surface area contributed by atoms with Crippen LogP contribution in [0.15, 0.2) is 46.6 Å². The van der Waals surface area contributed by atoms with Crippen LogP contribution in [0.1, 0.15) is 24.8 Å². The number of allylic oxidation sites excluding steroid dienone is 3. The van der Waals surface area contributed by atoms with Crippen LogP contribution in [0.25, 0.3) is 6.08 Å². The van der Waals surface area contributed by atoms with Gasteiger partial charge in [-0.05, 0) is 49.1 Å². The molecule has 0 N–H and O–H groups in total. The second kappa shape index (κ2) is 6.97. The SMILES string of the molecule is CN(C)/N=C\C=C1/CCC/C(=C/c2ccc(F)cc2)C1=O. The molecule has 1 aliphatic carbocycles. The van der Waals surface area contributed by atoms with Gasteiger partial charge in [-0.25, -0.2) is 4.39 Å². The van der Waals surface area contributed by atoms with Gasteiger partial charge in [-0.15, -0.1) is 0 Å². The van der Waals surface area contributed by atoms with Gasteiger partial charge in [0.15, 0.2) is 5.78 Å². The van der Waals surface area contributed by atoms with E-state index in [4.69, 9.17) is 0 Å². The van der Waals surface area contributed by atoms with E-state index >= 15 is 0 Å². The summed E-state index contributed by atoms with van der Waals surface area (Å²) in [5, 5.41) is 5.77. The quantitative estimate of drug-likeness (QED) is 0.484. The maximum atomic E-state index is 12.9. The fourth-order valence-electron chi connectivity index (χ4n) is 2.22. The fourth-order valence-corrected chi connectivity index (χ4v) is 2.22. The van der Waals surface area contributed by atoms with Gasteiger partial charge in [0.25, 0.3) is 0 Å². The van der Waals surface area contributed by atoms with E-state index in [1.807, 2.05) is 20.2 Å². The number of rotatable bonds is 3. The molecule has 0 radical (unpaired) electrons. The highest BCUT2D eigenvalue weighted by Gasteiger charge is 2.19. The first kappa shape index (κ1) is 15.2. The first-order chi connectivity index (χ1) is 10.1. The lowest BCUT2D eigenvalue weighted by Gasteiger charge is -2.16. The largest absolute Gasteiger partial charge is 0.303 e. The monoisotopic (exact) mass is 286 g/mol. The minimum absolute atomic E-state index is 0.0655. The summed E-state index contributed by atoms with van der Waals surface area (Å²) in [5.74, 6) is -0.205. The van der Waals surface area contributed by atoms with E-state index in [1.54, 1.807) is 29.4 Å². The maximum Gasteiger partial charge on any atom is 0.185 e. The van der Waals surface area contributed by atoms with Gasteiger partial charge < -0.3 is 5.01 Å². The molecule has 21 heavy (non-hydrogen) atoms. The van der Waals surface area contributed by atoms with Crippen molar-refractivity contribution in [3.8, 4) is 0 Å². The third-order valence-electron chi connectivity index (χ3n) is 3.26. The number of hydrazone groups is 1. The maximum absolute atomic E-state index is 12.9. The van der Waals surface area contributed by atoms with Gasteiger partial charge in [-0.3, -0.25) is 4.79 Å². The summed E-state index contributed by atoms with van der Waals surface area (Å²) in [5.41, 5.74) is 2.40. The molecule has 0 aliphatic heterocycles. The van der Waals surface area contributed by atoms with Crippen LogP contribution in [-0.2, 0) is 4.79 Å². The molecule has 1 aromatic carbocycles. The standard InChI is InChI=1S/C17H19FN2O/c1-20(2)19-11-10-14-4-3-5-15(17(14)21)12-13-6-8-16(18)9-7-13/h6-12H,3-5H2,1-2H3/b14-10+,15-12-,19-11-. The second-order valence-corrected chi connectivity index (χ2v) is 5.21. The number of hydrogen-bond donors (Lipinski definition) is 0. The van der Waals surface area contributed by atoms with Crippen molar-refractivity contribution in [2.45, 2.75) is 19.3 Å². The van der Waals surface area contributed by atoms with E-state index in [1.165, 1.54) is 12.1 Å². The number of carbonyl (C=O) groups is 1. The average molecular weight is 286 g/mol. The molecule has 4 heteroatoms. The Bertz CT molecular complexity index is 598. The first-order valence-corrected chi connectivity index (χ1v) is 6.97. The summed E-state index contributed by atoms with van der Waals surface area (Å²) in [4.78, 5) is 12.4. The van der Waals surface area contributed by atoms with Gasteiger partial charge in [0.2, 0.25) is 0 Å². The highest BCUT2D eigenvalue weighted by atomic mass is 19.1. The Kier molecular flexibility index (Phi) is 5.04.